The number of carbonyl (C=O) groups excluding carboxylic acids is 2. The molecule has 2 aromatic rings. The number of hydrogen-bond donors (Lipinski definition) is 2. The quantitative estimate of drug-likeness (QED) is 0.890. The van der Waals surface area contributed by atoms with E-state index in [1.165, 1.54) is 23.8 Å². The summed E-state index contributed by atoms with van der Waals surface area (Å²) in [4.78, 5) is 27.4. The highest BCUT2D eigenvalue weighted by atomic mass is 32.1. The molecule has 0 bridgehead atoms. The summed E-state index contributed by atoms with van der Waals surface area (Å²) < 4.78 is 0. The van der Waals surface area contributed by atoms with Gasteiger partial charge in [0.25, 0.3) is 0 Å². The summed E-state index contributed by atoms with van der Waals surface area (Å²) in [6.07, 6.45) is 0. The maximum absolute atomic E-state index is 12.0. The fraction of sp³-hybridized carbons (Fsp3) is 0.389. The van der Waals surface area contributed by atoms with E-state index in [1.54, 1.807) is 6.92 Å². The Morgan fingerprint density at radius 2 is 1.79 bits per heavy atom. The van der Waals surface area contributed by atoms with Gasteiger partial charge < -0.3 is 10.6 Å². The Morgan fingerprint density at radius 3 is 2.33 bits per heavy atom. The van der Waals surface area contributed by atoms with Crippen molar-refractivity contribution in [2.24, 2.45) is 0 Å². The zero-order valence-corrected chi connectivity index (χ0v) is 15.5. The van der Waals surface area contributed by atoms with E-state index in [0.717, 1.165) is 11.3 Å². The van der Waals surface area contributed by atoms with E-state index in [0.29, 0.717) is 5.13 Å². The molecule has 2 amide bonds. The molecule has 5 nitrogen and oxygen atoms in total. The lowest BCUT2D eigenvalue weighted by Gasteiger charge is -2.18. The van der Waals surface area contributed by atoms with Gasteiger partial charge in [-0.15, -0.1) is 11.3 Å². The highest BCUT2D eigenvalue weighted by molar-refractivity contribution is 7.14. The lowest BCUT2D eigenvalue weighted by molar-refractivity contribution is -0.124. The monoisotopic (exact) mass is 345 g/mol. The first kappa shape index (κ1) is 18.1. The first-order valence-corrected chi connectivity index (χ1v) is 8.69. The fourth-order valence-electron chi connectivity index (χ4n) is 2.19. The van der Waals surface area contributed by atoms with Crippen LogP contribution in [0.3, 0.4) is 0 Å². The van der Waals surface area contributed by atoms with Gasteiger partial charge in [-0.25, -0.2) is 4.98 Å². The lowest BCUT2D eigenvalue weighted by atomic mass is 9.86. The number of anilines is 1. The highest BCUT2D eigenvalue weighted by Crippen LogP contribution is 2.28. The van der Waals surface area contributed by atoms with E-state index >= 15 is 0 Å². The van der Waals surface area contributed by atoms with Crippen LogP contribution in [0.2, 0.25) is 0 Å². The molecule has 0 radical (unpaired) electrons. The van der Waals surface area contributed by atoms with Gasteiger partial charge in [0.15, 0.2) is 5.13 Å². The van der Waals surface area contributed by atoms with Crippen LogP contribution in [-0.2, 0) is 15.0 Å². The van der Waals surface area contributed by atoms with Crippen molar-refractivity contribution < 1.29 is 9.59 Å². The number of rotatable bonds is 4. The minimum Gasteiger partial charge on any atom is -0.345 e. The van der Waals surface area contributed by atoms with Crippen molar-refractivity contribution in [2.75, 3.05) is 5.32 Å². The van der Waals surface area contributed by atoms with Crippen LogP contribution in [0.1, 0.15) is 40.2 Å². The number of carbonyl (C=O) groups is 2. The topological polar surface area (TPSA) is 71.1 Å². The first-order chi connectivity index (χ1) is 11.2. The number of aromatic nitrogens is 1. The summed E-state index contributed by atoms with van der Waals surface area (Å²) in [6.45, 7) is 9.54. The van der Waals surface area contributed by atoms with E-state index in [1.807, 2.05) is 17.5 Å². The molecule has 1 atom stereocenters. The normalized spacial score (nSPS) is 12.5. The Balaban J connectivity index is 2.08. The Labute approximate surface area is 146 Å². The van der Waals surface area contributed by atoms with Gasteiger partial charge in [-0.1, -0.05) is 45.0 Å². The van der Waals surface area contributed by atoms with Gasteiger partial charge in [0.05, 0.1) is 5.69 Å². The van der Waals surface area contributed by atoms with Crippen molar-refractivity contribution >= 4 is 28.3 Å². The smallest absolute Gasteiger partial charge is 0.248 e. The molecule has 1 unspecified atom stereocenters. The largest absolute Gasteiger partial charge is 0.345 e. The number of benzene rings is 1. The van der Waals surface area contributed by atoms with Crippen LogP contribution in [0.25, 0.3) is 11.3 Å². The van der Waals surface area contributed by atoms with Gasteiger partial charge in [0.1, 0.15) is 6.04 Å². The molecule has 128 valence electrons. The molecule has 0 saturated carbocycles. The number of thiazole rings is 1. The summed E-state index contributed by atoms with van der Waals surface area (Å²) in [6, 6.07) is 7.70. The second-order valence-electron chi connectivity index (χ2n) is 6.78. The first-order valence-electron chi connectivity index (χ1n) is 7.81. The van der Waals surface area contributed by atoms with Crippen molar-refractivity contribution in [3.8, 4) is 11.3 Å². The van der Waals surface area contributed by atoms with Gasteiger partial charge in [0.2, 0.25) is 11.8 Å². The van der Waals surface area contributed by atoms with Crippen molar-refractivity contribution in [3.63, 3.8) is 0 Å². The molecule has 1 aromatic heterocycles. The Kier molecular flexibility index (Phi) is 5.39. The molecule has 2 N–H and O–H groups in total. The average molecular weight is 345 g/mol. The number of nitrogens with one attached hydrogen (secondary N) is 2. The molecule has 1 heterocycles. The number of hydrogen-bond acceptors (Lipinski definition) is 4. The molecule has 0 aliphatic rings. The molecule has 1 aromatic carbocycles. The summed E-state index contributed by atoms with van der Waals surface area (Å²) in [5, 5.41) is 7.70. The van der Waals surface area contributed by atoms with Crippen molar-refractivity contribution in [1.29, 1.82) is 0 Å². The van der Waals surface area contributed by atoms with Crippen molar-refractivity contribution in [2.45, 2.75) is 46.1 Å². The summed E-state index contributed by atoms with van der Waals surface area (Å²) in [7, 11) is 0. The second kappa shape index (κ2) is 7.13. The van der Waals surface area contributed by atoms with E-state index < -0.39 is 6.04 Å². The predicted octanol–water partition coefficient (Wildman–Crippen LogP) is 3.57. The zero-order valence-electron chi connectivity index (χ0n) is 14.6. The van der Waals surface area contributed by atoms with Crippen LogP contribution in [0.4, 0.5) is 5.13 Å². The second-order valence-corrected chi connectivity index (χ2v) is 7.63. The van der Waals surface area contributed by atoms with Crippen LogP contribution >= 0.6 is 11.3 Å². The number of amides is 2. The highest BCUT2D eigenvalue weighted by Gasteiger charge is 2.16. The number of nitrogens with zero attached hydrogens (tertiary/aromatic N) is 1. The third-order valence-corrected chi connectivity index (χ3v) is 4.35. The van der Waals surface area contributed by atoms with E-state index in [9.17, 15) is 9.59 Å². The molecule has 24 heavy (non-hydrogen) atoms. The molecule has 2 rings (SSSR count). The van der Waals surface area contributed by atoms with Gasteiger partial charge in [-0.2, -0.15) is 0 Å². The zero-order chi connectivity index (χ0) is 17.9. The molecule has 0 aliphatic heterocycles. The fourth-order valence-corrected chi connectivity index (χ4v) is 2.91. The summed E-state index contributed by atoms with van der Waals surface area (Å²) in [5.74, 6) is -0.523. The summed E-state index contributed by atoms with van der Waals surface area (Å²) >= 11 is 1.36. The predicted molar refractivity (Wildman–Crippen MR) is 98.2 cm³/mol. The molecular weight excluding hydrogens is 322 g/mol. The Bertz CT molecular complexity index is 729. The molecule has 0 fully saturated rings. The average Bonchev–Trinajstić information content (AvgIpc) is 2.94. The molecular formula is C18H23N3O2S. The van der Waals surface area contributed by atoms with Crippen LogP contribution in [-0.4, -0.2) is 22.8 Å². The minimum atomic E-state index is -0.596. The minimum absolute atomic E-state index is 0.111. The lowest BCUT2D eigenvalue weighted by Crippen LogP contribution is -2.40. The van der Waals surface area contributed by atoms with E-state index in [-0.39, 0.29) is 17.2 Å². The van der Waals surface area contributed by atoms with Crippen LogP contribution < -0.4 is 10.6 Å². The van der Waals surface area contributed by atoms with E-state index in [4.69, 9.17) is 0 Å². The van der Waals surface area contributed by atoms with Crippen molar-refractivity contribution in [3.05, 3.63) is 35.2 Å². The standard InChI is InChI=1S/C18H23N3O2S/c1-11(19-12(2)22)16(23)21-17-20-15(10-24-17)13-6-8-14(9-7-13)18(3,4)5/h6-11H,1-5H3,(H,19,22)(H,20,21,23). The Hall–Kier alpha value is -2.21. The van der Waals surface area contributed by atoms with Crippen LogP contribution in [0, 0.1) is 0 Å². The molecule has 0 saturated heterocycles. The maximum Gasteiger partial charge on any atom is 0.248 e. The Morgan fingerprint density at radius 1 is 1.17 bits per heavy atom. The van der Waals surface area contributed by atoms with Gasteiger partial charge >= 0.3 is 0 Å². The molecule has 0 aliphatic carbocycles. The van der Waals surface area contributed by atoms with Gasteiger partial charge in [-0.05, 0) is 17.9 Å². The van der Waals surface area contributed by atoms with Gasteiger partial charge in [0, 0.05) is 17.9 Å². The SMILES string of the molecule is CC(=O)NC(C)C(=O)Nc1nc(-c2ccc(C(C)(C)C)cc2)cs1. The maximum atomic E-state index is 12.0. The van der Waals surface area contributed by atoms with Crippen LogP contribution in [0.5, 0.6) is 0 Å². The molecule has 6 heteroatoms. The third kappa shape index (κ3) is 4.64. The third-order valence-electron chi connectivity index (χ3n) is 3.59. The molecule has 0 spiro atoms. The van der Waals surface area contributed by atoms with Crippen molar-refractivity contribution in [1.82, 2.24) is 10.3 Å². The van der Waals surface area contributed by atoms with Crippen LogP contribution in [0.15, 0.2) is 29.6 Å². The summed E-state index contributed by atoms with van der Waals surface area (Å²) in [5.41, 5.74) is 3.20. The van der Waals surface area contributed by atoms with E-state index in [2.05, 4.69) is 48.5 Å². The van der Waals surface area contributed by atoms with Gasteiger partial charge in [-0.3, -0.25) is 9.59 Å².